The largest absolute Gasteiger partial charge is 0.594 e. The minimum atomic E-state index is -0.360. The Kier molecular flexibility index (Phi) is 14.9. The quantitative estimate of drug-likeness (QED) is 0.0337. The fourth-order valence-corrected chi connectivity index (χ4v) is 4.27. The molecule has 0 saturated heterocycles. The highest BCUT2D eigenvalue weighted by molar-refractivity contribution is 9.10. The third-order valence-electron chi connectivity index (χ3n) is 6.45. The first-order valence-corrected chi connectivity index (χ1v) is 14.7. The molecule has 0 fully saturated rings. The zero-order valence-electron chi connectivity index (χ0n) is 22.7. The van der Waals surface area contributed by atoms with Crippen LogP contribution in [0.2, 0.25) is 0 Å². The van der Waals surface area contributed by atoms with Crippen LogP contribution < -0.4 is 9.47 Å². The monoisotopic (exact) mass is 574 g/mol. The number of nitrogens with zero attached hydrogens (tertiary/aromatic N) is 2. The molecule has 7 heteroatoms. The molecule has 2 rings (SSSR count). The Balaban J connectivity index is 1.71. The molecule has 0 N–H and O–H groups in total. The number of halogens is 1. The van der Waals surface area contributed by atoms with Gasteiger partial charge < -0.3 is 14.7 Å². The fraction of sp³-hybridized carbons (Fsp3) is 0.567. The molecule has 0 aromatic heterocycles. The number of unbranched alkanes of at least 4 members (excludes halogenated alkanes) is 9. The van der Waals surface area contributed by atoms with E-state index in [1.165, 1.54) is 57.8 Å². The van der Waals surface area contributed by atoms with Crippen molar-refractivity contribution < 1.29 is 19.1 Å². The van der Waals surface area contributed by atoms with Crippen molar-refractivity contribution in [2.24, 2.45) is 11.0 Å². The van der Waals surface area contributed by atoms with E-state index < -0.39 is 0 Å². The third-order valence-corrected chi connectivity index (χ3v) is 7.73. The molecular formula is C30H43BrN2O4. The van der Waals surface area contributed by atoms with Crippen molar-refractivity contribution in [1.29, 1.82) is 0 Å². The van der Waals surface area contributed by atoms with Crippen molar-refractivity contribution in [3.05, 3.63) is 53.7 Å². The molecule has 0 saturated carbocycles. The molecule has 0 aliphatic carbocycles. The molecule has 0 heterocycles. The third kappa shape index (κ3) is 12.1. The Labute approximate surface area is 231 Å². The molecule has 0 bridgehead atoms. The lowest BCUT2D eigenvalue weighted by atomic mass is 10.1. The molecule has 0 unspecified atom stereocenters. The number of alkyl halides is 1. The first-order chi connectivity index (χ1) is 17.9. The lowest BCUT2D eigenvalue weighted by molar-refractivity contribution is -0.435. The maximum Gasteiger partial charge on any atom is 0.325 e. The topological polar surface area (TPSA) is 74.0 Å². The van der Waals surface area contributed by atoms with Crippen molar-refractivity contribution in [2.75, 3.05) is 6.61 Å². The highest BCUT2D eigenvalue weighted by Gasteiger charge is 2.22. The standard InChI is InChI=1S/C30H43BrN2O4/c1-4-6-7-8-9-10-11-12-13-14-23-36-27-21-17-26(18-22-27)33(35)32-25-15-19-28(20-16-25)37-30(34)29(31)24(3)5-2/h15-22,24,29H,4-14,23H2,1-3H3/t24-,29-/m0/s1. The molecule has 0 radical (unpaired) electrons. The van der Waals surface area contributed by atoms with Crippen LogP contribution in [-0.2, 0) is 4.79 Å². The molecule has 2 aromatic rings. The number of esters is 1. The molecule has 0 amide bonds. The maximum absolute atomic E-state index is 12.5. The normalized spacial score (nSPS) is 13.2. The van der Waals surface area contributed by atoms with Gasteiger partial charge in [0.2, 0.25) is 5.69 Å². The van der Waals surface area contributed by atoms with Gasteiger partial charge in [-0.1, -0.05) is 106 Å². The second kappa shape index (κ2) is 17.9. The average molecular weight is 576 g/mol. The number of carbonyl (C=O) groups excluding carboxylic acids is 1. The van der Waals surface area contributed by atoms with Crippen molar-refractivity contribution in [3.63, 3.8) is 0 Å². The lowest BCUT2D eigenvalue weighted by Gasteiger charge is -2.15. The molecule has 0 aliphatic heterocycles. The van der Waals surface area contributed by atoms with E-state index in [1.54, 1.807) is 48.5 Å². The summed E-state index contributed by atoms with van der Waals surface area (Å²) < 4.78 is 11.2. The SMILES string of the molecule is CCCCCCCCCCCCOc1ccc([N+]([O-])=Nc2ccc(OC(=O)[C@@H](Br)[C@@H](C)CC)cc2)cc1. The second-order valence-electron chi connectivity index (χ2n) is 9.60. The number of hydrogen-bond acceptors (Lipinski definition) is 5. The van der Waals surface area contributed by atoms with Crippen LogP contribution in [0.3, 0.4) is 0 Å². The van der Waals surface area contributed by atoms with E-state index in [9.17, 15) is 10.0 Å². The summed E-state index contributed by atoms with van der Waals surface area (Å²) in [6.45, 7) is 6.95. The zero-order chi connectivity index (χ0) is 26.9. The second-order valence-corrected chi connectivity index (χ2v) is 10.6. The summed E-state index contributed by atoms with van der Waals surface area (Å²) >= 11 is 3.39. The van der Waals surface area contributed by atoms with Crippen LogP contribution in [0.1, 0.15) is 91.4 Å². The van der Waals surface area contributed by atoms with Crippen LogP contribution in [0.15, 0.2) is 53.6 Å². The number of azo groups is 1. The van der Waals surface area contributed by atoms with Crippen LogP contribution >= 0.6 is 15.9 Å². The number of ether oxygens (including phenoxy) is 2. The minimum Gasteiger partial charge on any atom is -0.594 e. The van der Waals surface area contributed by atoms with Gasteiger partial charge in [0.15, 0.2) is 0 Å². The van der Waals surface area contributed by atoms with Gasteiger partial charge in [-0.05, 0) is 48.7 Å². The first-order valence-electron chi connectivity index (χ1n) is 13.8. The summed E-state index contributed by atoms with van der Waals surface area (Å²) in [7, 11) is 0. The van der Waals surface area contributed by atoms with Gasteiger partial charge in [0.25, 0.3) is 0 Å². The van der Waals surface area contributed by atoms with E-state index in [1.807, 2.05) is 13.8 Å². The van der Waals surface area contributed by atoms with Crippen molar-refractivity contribution in [1.82, 2.24) is 0 Å². The minimum absolute atomic E-state index is 0.173. The van der Waals surface area contributed by atoms with Gasteiger partial charge in [-0.2, -0.15) is 0 Å². The van der Waals surface area contributed by atoms with Crippen LogP contribution in [-0.4, -0.2) is 22.3 Å². The summed E-state index contributed by atoms with van der Waals surface area (Å²) in [5.41, 5.74) is 0.880. The Morgan fingerprint density at radius 3 is 1.97 bits per heavy atom. The smallest absolute Gasteiger partial charge is 0.325 e. The van der Waals surface area contributed by atoms with Gasteiger partial charge >= 0.3 is 5.97 Å². The van der Waals surface area contributed by atoms with Gasteiger partial charge in [-0.15, -0.1) is 0 Å². The average Bonchev–Trinajstić information content (AvgIpc) is 2.92. The summed E-state index contributed by atoms with van der Waals surface area (Å²) in [5, 5.41) is 16.5. The van der Waals surface area contributed by atoms with E-state index in [4.69, 9.17) is 9.47 Å². The highest BCUT2D eigenvalue weighted by Crippen LogP contribution is 2.24. The molecule has 0 spiro atoms. The zero-order valence-corrected chi connectivity index (χ0v) is 24.3. The molecule has 6 nitrogen and oxygen atoms in total. The van der Waals surface area contributed by atoms with Crippen LogP contribution in [0.4, 0.5) is 11.4 Å². The molecule has 204 valence electrons. The van der Waals surface area contributed by atoms with Crippen LogP contribution in [0.5, 0.6) is 11.5 Å². The van der Waals surface area contributed by atoms with Crippen molar-refractivity contribution in [3.8, 4) is 11.5 Å². The number of rotatable bonds is 18. The van der Waals surface area contributed by atoms with E-state index in [-0.39, 0.29) is 16.7 Å². The summed E-state index contributed by atoms with van der Waals surface area (Å²) in [5.74, 6) is 1.01. The molecule has 0 aliphatic rings. The molecule has 2 aromatic carbocycles. The predicted octanol–water partition coefficient (Wildman–Crippen LogP) is 9.63. The summed E-state index contributed by atoms with van der Waals surface area (Å²) in [4.78, 5) is 12.4. The van der Waals surface area contributed by atoms with Gasteiger partial charge in [-0.25, -0.2) is 0 Å². The van der Waals surface area contributed by atoms with Crippen molar-refractivity contribution >= 4 is 33.3 Å². The van der Waals surface area contributed by atoms with Crippen LogP contribution in [0, 0.1) is 11.1 Å². The fourth-order valence-electron chi connectivity index (χ4n) is 3.80. The first kappa shape index (κ1) is 30.8. The van der Waals surface area contributed by atoms with E-state index in [0.29, 0.717) is 28.6 Å². The van der Waals surface area contributed by atoms with Gasteiger partial charge in [0.1, 0.15) is 22.0 Å². The Morgan fingerprint density at radius 2 is 1.41 bits per heavy atom. The Bertz CT molecular complexity index is 932. The molecule has 37 heavy (non-hydrogen) atoms. The lowest BCUT2D eigenvalue weighted by Crippen LogP contribution is -2.26. The van der Waals surface area contributed by atoms with Crippen molar-refractivity contribution in [2.45, 2.75) is 96.2 Å². The van der Waals surface area contributed by atoms with E-state index >= 15 is 0 Å². The van der Waals surface area contributed by atoms with E-state index in [0.717, 1.165) is 18.6 Å². The number of carbonyl (C=O) groups is 1. The summed E-state index contributed by atoms with van der Waals surface area (Å²) in [6.07, 6.45) is 13.8. The number of benzene rings is 2. The number of hydrogen-bond donors (Lipinski definition) is 0. The Morgan fingerprint density at radius 1 is 0.865 bits per heavy atom. The highest BCUT2D eigenvalue weighted by atomic mass is 79.9. The summed E-state index contributed by atoms with van der Waals surface area (Å²) in [6, 6.07) is 13.5. The molecule has 2 atom stereocenters. The predicted molar refractivity (Wildman–Crippen MR) is 153 cm³/mol. The van der Waals surface area contributed by atoms with Gasteiger partial charge in [-0.3, -0.25) is 4.79 Å². The Hall–Kier alpha value is -2.41. The van der Waals surface area contributed by atoms with Gasteiger partial charge in [0.05, 0.1) is 6.61 Å². The van der Waals surface area contributed by atoms with Crippen LogP contribution in [0.25, 0.3) is 0 Å². The van der Waals surface area contributed by atoms with Gasteiger partial charge in [0, 0.05) is 17.2 Å². The maximum atomic E-state index is 12.5. The molecular weight excluding hydrogens is 532 g/mol. The van der Waals surface area contributed by atoms with E-state index in [2.05, 4.69) is 28.0 Å².